The van der Waals surface area contributed by atoms with E-state index in [2.05, 4.69) is 92.1 Å². The Balaban J connectivity index is 0.938. The van der Waals surface area contributed by atoms with Crippen molar-refractivity contribution in [3.8, 4) is 61.8 Å². The van der Waals surface area contributed by atoms with Crippen LogP contribution in [0.3, 0.4) is 0 Å². The third-order valence-corrected chi connectivity index (χ3v) is 15.5. The number of benzene rings is 9. The smallest absolute Gasteiger partial charge is 0.137 e. The highest BCUT2D eigenvalue weighted by molar-refractivity contribution is 6.09. The molecule has 11 aromatic rings. The van der Waals surface area contributed by atoms with Gasteiger partial charge in [-0.25, -0.2) is 4.98 Å². The number of para-hydroxylation sites is 4. The minimum atomic E-state index is -1.81. The van der Waals surface area contributed by atoms with E-state index in [0.29, 0.717) is 62.8 Å². The summed E-state index contributed by atoms with van der Waals surface area (Å²) < 4.78 is 93.2. The van der Waals surface area contributed by atoms with Crippen molar-refractivity contribution < 1.29 is 17.1 Å². The lowest BCUT2D eigenvalue weighted by molar-refractivity contribution is 0.332. The Morgan fingerprint density at radius 1 is 0.545 bits per heavy atom. The summed E-state index contributed by atoms with van der Waals surface area (Å²) >= 11 is 0. The molecule has 378 valence electrons. The van der Waals surface area contributed by atoms with Crippen LogP contribution < -0.4 is 14.5 Å². The fourth-order valence-corrected chi connectivity index (χ4v) is 11.5. The van der Waals surface area contributed by atoms with Crippen LogP contribution in [0.2, 0.25) is 0 Å². The molecule has 0 fully saturated rings. The molecule has 5 nitrogen and oxygen atoms in total. The van der Waals surface area contributed by atoms with Gasteiger partial charge in [-0.15, -0.1) is 0 Å². The highest BCUT2D eigenvalue weighted by Gasteiger charge is 2.38. The molecule has 5 heteroatoms. The van der Waals surface area contributed by atoms with Gasteiger partial charge in [-0.05, 0) is 135 Å². The Bertz CT molecular complexity index is 4540. The lowest BCUT2D eigenvalue weighted by Crippen LogP contribution is -2.33. The summed E-state index contributed by atoms with van der Waals surface area (Å²) in [4.78, 5) is 9.44. The fourth-order valence-electron chi connectivity index (χ4n) is 11.5. The predicted molar refractivity (Wildman–Crippen MR) is 323 cm³/mol. The number of ether oxygens (including phenoxy) is 1. The van der Waals surface area contributed by atoms with Crippen molar-refractivity contribution in [1.82, 2.24) is 9.55 Å². The highest BCUT2D eigenvalue weighted by atomic mass is 16.5. The molecule has 13 rings (SSSR count). The van der Waals surface area contributed by atoms with Gasteiger partial charge in [0.2, 0.25) is 0 Å². The van der Waals surface area contributed by atoms with E-state index in [0.717, 1.165) is 74.5 Å². The molecule has 9 aromatic carbocycles. The third kappa shape index (κ3) is 8.74. The molecule has 2 aliphatic rings. The van der Waals surface area contributed by atoms with E-state index in [1.165, 1.54) is 0 Å². The summed E-state index contributed by atoms with van der Waals surface area (Å²) in [6.07, 6.45) is 1.55. The molecule has 1 aliphatic carbocycles. The first kappa shape index (κ1) is 38.8. The van der Waals surface area contributed by atoms with Crippen molar-refractivity contribution >= 4 is 44.6 Å². The maximum atomic E-state index is 10.2. The Morgan fingerprint density at radius 3 is 1.97 bits per heavy atom. The molecular weight excluding hydrogens is 937 g/mol. The summed E-state index contributed by atoms with van der Waals surface area (Å²) in [6.45, 7) is 12.6. The second kappa shape index (κ2) is 19.2. The lowest BCUT2D eigenvalue weighted by atomic mass is 9.63. The van der Waals surface area contributed by atoms with E-state index in [1.807, 2.05) is 117 Å². The van der Waals surface area contributed by atoms with E-state index < -0.39 is 23.7 Å². The zero-order chi connectivity index (χ0) is 60.3. The first-order chi connectivity index (χ1) is 41.2. The molecule has 0 spiro atoms. The number of hydrogen-bond acceptors (Lipinski definition) is 4. The van der Waals surface area contributed by atoms with Gasteiger partial charge in [0.25, 0.3) is 0 Å². The maximum Gasteiger partial charge on any atom is 0.137 e. The monoisotopic (exact) mass is 1010 g/mol. The first-order valence-electron chi connectivity index (χ1n) is 31.1. The number of rotatable bonds is 11. The summed E-state index contributed by atoms with van der Waals surface area (Å²) in [5.74, 6) is 0.806. The van der Waals surface area contributed by atoms with Gasteiger partial charge in [0, 0.05) is 54.2 Å². The van der Waals surface area contributed by atoms with Crippen LogP contribution in [-0.2, 0) is 17.2 Å². The fraction of sp³-hybridized carbons (Fsp3) is 0.181. The zero-order valence-electron chi connectivity index (χ0n) is 53.2. The molecule has 0 saturated carbocycles. The molecule has 77 heavy (non-hydrogen) atoms. The van der Waals surface area contributed by atoms with Crippen molar-refractivity contribution in [2.45, 2.75) is 71.6 Å². The van der Waals surface area contributed by atoms with Crippen LogP contribution in [0.4, 0.5) is 22.7 Å². The van der Waals surface area contributed by atoms with Gasteiger partial charge in [-0.2, -0.15) is 0 Å². The number of aromatic nitrogens is 2. The van der Waals surface area contributed by atoms with Crippen molar-refractivity contribution in [2.75, 3.05) is 16.5 Å². The normalized spacial score (nSPS) is 16.4. The molecule has 0 bridgehead atoms. The van der Waals surface area contributed by atoms with Crippen LogP contribution >= 0.6 is 0 Å². The van der Waals surface area contributed by atoms with E-state index >= 15 is 0 Å². The molecule has 3 heterocycles. The van der Waals surface area contributed by atoms with Gasteiger partial charge >= 0.3 is 0 Å². The third-order valence-electron chi connectivity index (χ3n) is 15.5. The topological polar surface area (TPSA) is 33.5 Å². The first-order valence-corrected chi connectivity index (χ1v) is 26.6. The standard InChI is InChI=1S/C72H64N4O/c1-48(2)40-54-43-69(73-46-62(54)50-22-11-8-12-23-50)76-65-31-14-13-28-60(65)61-36-35-57(45-68(61)76)77-56-27-18-26-55(44-56)74-47-75(67-33-16-15-32-66(67)74)70-58(52-25-17-24-51(41-52)49-20-9-7-10-21-49)29-19-30-59(70)53-34-37-63-64(42-53)72(5,6)39-38-71(63,3)4/h7-37,41-46,48H,38-40,47H2,1-6H3/i13D,14D,28D,31D,34D,37D,40D2,42D. The van der Waals surface area contributed by atoms with Gasteiger partial charge in [-0.1, -0.05) is 193 Å². The molecule has 1 aliphatic heterocycles. The minimum absolute atomic E-state index is 0.0436. The largest absolute Gasteiger partial charge is 0.457 e. The van der Waals surface area contributed by atoms with E-state index in [4.69, 9.17) is 12.5 Å². The molecule has 0 unspecified atom stereocenters. The second-order valence-corrected chi connectivity index (χ2v) is 22.0. The Kier molecular flexibility index (Phi) is 9.66. The van der Waals surface area contributed by atoms with Crippen LogP contribution in [0.1, 0.15) is 83.4 Å². The number of fused-ring (bicyclic) bond motifs is 5. The Hall–Kier alpha value is -8.67. The number of anilines is 4. The zero-order valence-corrected chi connectivity index (χ0v) is 44.2. The van der Waals surface area contributed by atoms with Gasteiger partial charge in [0.1, 0.15) is 24.0 Å². The van der Waals surface area contributed by atoms with Crippen LogP contribution in [-0.4, -0.2) is 16.2 Å². The summed E-state index contributed by atoms with van der Waals surface area (Å²) in [7, 11) is 0. The van der Waals surface area contributed by atoms with E-state index in [-0.39, 0.29) is 47.0 Å². The second-order valence-electron chi connectivity index (χ2n) is 22.0. The average molecular weight is 1010 g/mol. The summed E-state index contributed by atoms with van der Waals surface area (Å²) in [6, 6.07) is 57.0. The van der Waals surface area contributed by atoms with E-state index in [1.54, 1.807) is 29.0 Å². The van der Waals surface area contributed by atoms with Gasteiger partial charge < -0.3 is 14.5 Å². The summed E-state index contributed by atoms with van der Waals surface area (Å²) in [5, 5.41) is 0.859. The van der Waals surface area contributed by atoms with Crippen LogP contribution in [0, 0.1) is 5.92 Å². The van der Waals surface area contributed by atoms with Gasteiger partial charge in [0.15, 0.2) is 0 Å². The Labute approximate surface area is 466 Å². The van der Waals surface area contributed by atoms with E-state index in [9.17, 15) is 9.60 Å². The van der Waals surface area contributed by atoms with Gasteiger partial charge in [0.05, 0.1) is 37.7 Å². The average Bonchev–Trinajstić information content (AvgIpc) is 1.22. The van der Waals surface area contributed by atoms with Crippen LogP contribution in [0.15, 0.2) is 224 Å². The van der Waals surface area contributed by atoms with Crippen LogP contribution in [0.25, 0.3) is 72.1 Å². The number of nitrogens with zero attached hydrogens (tertiary/aromatic N) is 4. The van der Waals surface area contributed by atoms with Crippen molar-refractivity contribution in [3.63, 3.8) is 0 Å². The minimum Gasteiger partial charge on any atom is -0.457 e. The lowest BCUT2D eigenvalue weighted by Gasteiger charge is -2.42. The maximum absolute atomic E-state index is 10.2. The Morgan fingerprint density at radius 2 is 1.19 bits per heavy atom. The number of hydrogen-bond donors (Lipinski definition) is 0. The van der Waals surface area contributed by atoms with Crippen LogP contribution in [0.5, 0.6) is 11.5 Å². The molecule has 2 aromatic heterocycles. The van der Waals surface area contributed by atoms with Gasteiger partial charge in [-0.3, -0.25) is 4.57 Å². The summed E-state index contributed by atoms with van der Waals surface area (Å²) in [5.41, 5.74) is 12.0. The molecular formula is C72H64N4O. The predicted octanol–water partition coefficient (Wildman–Crippen LogP) is 19.4. The molecule has 0 atom stereocenters. The molecule has 0 N–H and O–H groups in total. The molecule has 0 saturated heterocycles. The SMILES string of the molecule is [2H]c1c([2H])c2c(c([2H])c1-c1cccc(-c3cccc(-c4ccccc4)c3)c1N1CN(c3cccc(Oc4ccc5c6c([2H])c([2H])c([2H])c([2H])c6n(-c6cc(C([2H])([2H])C(C)C)c(-c7ccccc7)cn6)c5c4)c3)c3ccccc31)C(C)(C)CCC2(C)C. The quantitative estimate of drug-likeness (QED) is 0.129. The van der Waals surface area contributed by atoms with Crippen molar-refractivity contribution in [1.29, 1.82) is 0 Å². The number of pyridine rings is 1. The van der Waals surface area contributed by atoms with Crippen molar-refractivity contribution in [3.05, 3.63) is 241 Å². The molecule has 0 amide bonds. The highest BCUT2D eigenvalue weighted by Crippen LogP contribution is 2.53. The van der Waals surface area contributed by atoms with Crippen molar-refractivity contribution in [2.24, 2.45) is 5.92 Å². The molecule has 0 radical (unpaired) electrons.